The van der Waals surface area contributed by atoms with Gasteiger partial charge in [-0.15, -0.1) is 0 Å². The Labute approximate surface area is 147 Å². The van der Waals surface area contributed by atoms with Crippen molar-refractivity contribution < 1.29 is 23.0 Å². The largest absolute Gasteiger partial charge is 0.416 e. The van der Waals surface area contributed by atoms with E-state index in [1.807, 2.05) is 0 Å². The molecule has 144 valence electrons. The van der Waals surface area contributed by atoms with Gasteiger partial charge in [-0.2, -0.15) is 18.4 Å². The molecule has 2 N–H and O–H groups in total. The maximum Gasteiger partial charge on any atom is 0.416 e. The maximum absolute atomic E-state index is 12.8. The third-order valence-corrected chi connectivity index (χ3v) is 3.09. The van der Waals surface area contributed by atoms with Crippen LogP contribution in [0.3, 0.4) is 0 Å². The SMILES string of the molecule is CCCN(CCC)c1c([N+](=O)[O-])cc(C(F)(F)F)cc1[N+](=O)[O-].N#CN. The number of nitrogens with two attached hydrogens (primary N) is 1. The molecule has 0 aliphatic heterocycles. The second-order valence-electron chi connectivity index (χ2n) is 4.99. The van der Waals surface area contributed by atoms with E-state index >= 15 is 0 Å². The van der Waals surface area contributed by atoms with Gasteiger partial charge in [-0.05, 0) is 12.8 Å². The lowest BCUT2D eigenvalue weighted by Gasteiger charge is -2.23. The van der Waals surface area contributed by atoms with E-state index in [-0.39, 0.29) is 18.8 Å². The lowest BCUT2D eigenvalue weighted by Crippen LogP contribution is -2.27. The van der Waals surface area contributed by atoms with E-state index in [2.05, 4.69) is 5.73 Å². The number of nitro groups is 2. The number of nitrogens with zero attached hydrogens (tertiary/aromatic N) is 4. The Balaban J connectivity index is 0.00000194. The van der Waals surface area contributed by atoms with Crippen molar-refractivity contribution in [3.05, 3.63) is 37.9 Å². The Morgan fingerprint density at radius 3 is 1.69 bits per heavy atom. The third-order valence-electron chi connectivity index (χ3n) is 3.09. The van der Waals surface area contributed by atoms with Crippen molar-refractivity contribution in [2.24, 2.45) is 5.73 Å². The van der Waals surface area contributed by atoms with Crippen LogP contribution < -0.4 is 10.6 Å². The summed E-state index contributed by atoms with van der Waals surface area (Å²) in [7, 11) is 0. The summed E-state index contributed by atoms with van der Waals surface area (Å²) in [5.41, 5.74) is 0.547. The van der Waals surface area contributed by atoms with Crippen molar-refractivity contribution >= 4 is 17.1 Å². The Hall–Kier alpha value is -3.10. The van der Waals surface area contributed by atoms with Gasteiger partial charge in [0.2, 0.25) is 0 Å². The number of hydrogen-bond donors (Lipinski definition) is 1. The van der Waals surface area contributed by atoms with E-state index in [0.29, 0.717) is 25.0 Å². The van der Waals surface area contributed by atoms with Gasteiger partial charge in [0.1, 0.15) is 0 Å². The number of nitriles is 1. The predicted octanol–water partition coefficient (Wildman–Crippen LogP) is 3.57. The minimum Gasteiger partial charge on any atom is -0.360 e. The number of anilines is 1. The highest BCUT2D eigenvalue weighted by atomic mass is 19.4. The van der Waals surface area contributed by atoms with Crippen LogP contribution in [0.25, 0.3) is 0 Å². The monoisotopic (exact) mass is 377 g/mol. The van der Waals surface area contributed by atoms with E-state index < -0.39 is 33.0 Å². The van der Waals surface area contributed by atoms with Gasteiger partial charge in [-0.1, -0.05) is 13.8 Å². The van der Waals surface area contributed by atoms with E-state index in [1.54, 1.807) is 13.8 Å². The second kappa shape index (κ2) is 10.0. The summed E-state index contributed by atoms with van der Waals surface area (Å²) in [5.74, 6) is 0. The highest BCUT2D eigenvalue weighted by molar-refractivity contribution is 5.76. The summed E-state index contributed by atoms with van der Waals surface area (Å²) in [6, 6.07) is 0.696. The smallest absolute Gasteiger partial charge is 0.360 e. The maximum atomic E-state index is 12.8. The molecule has 0 amide bonds. The molecule has 0 bridgehead atoms. The van der Waals surface area contributed by atoms with Gasteiger partial charge in [0.25, 0.3) is 11.4 Å². The highest BCUT2D eigenvalue weighted by Crippen LogP contribution is 2.43. The summed E-state index contributed by atoms with van der Waals surface area (Å²) in [6.07, 6.45) is -2.58. The molecule has 1 rings (SSSR count). The van der Waals surface area contributed by atoms with Crippen LogP contribution in [0.2, 0.25) is 0 Å². The van der Waals surface area contributed by atoms with E-state index in [0.717, 1.165) is 0 Å². The molecular formula is C14H18F3N5O4. The summed E-state index contributed by atoms with van der Waals surface area (Å²) in [5, 5.41) is 29.5. The average molecular weight is 377 g/mol. The van der Waals surface area contributed by atoms with Gasteiger partial charge >= 0.3 is 6.18 Å². The Bertz CT molecular complexity index is 647. The zero-order chi connectivity index (χ0) is 20.5. The molecule has 0 atom stereocenters. The number of nitro benzene ring substituents is 2. The van der Waals surface area contributed by atoms with Crippen molar-refractivity contribution in [3.8, 4) is 6.19 Å². The average Bonchev–Trinajstić information content (AvgIpc) is 2.53. The molecule has 0 aliphatic carbocycles. The first kappa shape index (κ1) is 22.9. The molecule has 0 saturated carbocycles. The van der Waals surface area contributed by atoms with Crippen molar-refractivity contribution in [1.82, 2.24) is 0 Å². The van der Waals surface area contributed by atoms with Crippen molar-refractivity contribution in [3.63, 3.8) is 0 Å². The molecular weight excluding hydrogens is 359 g/mol. The topological polar surface area (TPSA) is 139 Å². The first-order valence-electron chi connectivity index (χ1n) is 7.43. The van der Waals surface area contributed by atoms with Crippen LogP contribution in [0.5, 0.6) is 0 Å². The number of benzene rings is 1. The summed E-state index contributed by atoms with van der Waals surface area (Å²) >= 11 is 0. The van der Waals surface area contributed by atoms with Crippen molar-refractivity contribution in [2.75, 3.05) is 18.0 Å². The van der Waals surface area contributed by atoms with Crippen LogP contribution in [-0.2, 0) is 6.18 Å². The summed E-state index contributed by atoms with van der Waals surface area (Å²) < 4.78 is 38.5. The Morgan fingerprint density at radius 1 is 1.12 bits per heavy atom. The van der Waals surface area contributed by atoms with E-state index in [9.17, 15) is 33.4 Å². The highest BCUT2D eigenvalue weighted by Gasteiger charge is 2.38. The van der Waals surface area contributed by atoms with Gasteiger partial charge in [-0.3, -0.25) is 20.2 Å². The van der Waals surface area contributed by atoms with Gasteiger partial charge in [0.15, 0.2) is 11.9 Å². The Morgan fingerprint density at radius 2 is 1.46 bits per heavy atom. The zero-order valence-corrected chi connectivity index (χ0v) is 14.1. The molecule has 0 heterocycles. The van der Waals surface area contributed by atoms with Crippen LogP contribution in [-0.4, -0.2) is 22.9 Å². The number of hydrogen-bond acceptors (Lipinski definition) is 7. The van der Waals surface area contributed by atoms with Gasteiger partial charge in [0, 0.05) is 25.2 Å². The molecule has 12 heteroatoms. The normalized spacial score (nSPS) is 10.3. The molecule has 0 radical (unpaired) electrons. The fourth-order valence-corrected chi connectivity index (χ4v) is 2.25. The first-order chi connectivity index (χ1) is 12.0. The fraction of sp³-hybridized carbons (Fsp3) is 0.500. The van der Waals surface area contributed by atoms with Crippen LogP contribution in [0.15, 0.2) is 12.1 Å². The number of halogens is 3. The number of rotatable bonds is 7. The quantitative estimate of drug-likeness (QED) is 0.331. The standard InChI is InChI=1S/C13H16F3N3O4.CH2N2/c1-3-5-17(6-4-2)12-10(18(20)21)7-9(13(14,15)16)8-11(12)19(22)23;2-1-3/h7-8H,3-6H2,1-2H3;2H2. The van der Waals surface area contributed by atoms with Crippen LogP contribution in [0, 0.1) is 31.7 Å². The number of alkyl halides is 3. The van der Waals surface area contributed by atoms with Gasteiger partial charge in [-0.25, -0.2) is 0 Å². The molecule has 26 heavy (non-hydrogen) atoms. The van der Waals surface area contributed by atoms with Crippen LogP contribution in [0.1, 0.15) is 32.3 Å². The minimum atomic E-state index is -4.91. The molecule has 9 nitrogen and oxygen atoms in total. The Kier molecular flexibility index (Phi) is 8.82. The first-order valence-corrected chi connectivity index (χ1v) is 7.43. The second-order valence-corrected chi connectivity index (χ2v) is 4.99. The molecule has 0 saturated heterocycles. The molecule has 0 aliphatic rings. The van der Waals surface area contributed by atoms with Crippen LogP contribution in [0.4, 0.5) is 30.2 Å². The molecule has 0 unspecified atom stereocenters. The van der Waals surface area contributed by atoms with Crippen LogP contribution >= 0.6 is 0 Å². The molecule has 1 aromatic rings. The fourth-order valence-electron chi connectivity index (χ4n) is 2.25. The molecule has 0 spiro atoms. The minimum absolute atomic E-state index is 0.265. The van der Waals surface area contributed by atoms with Crippen molar-refractivity contribution in [2.45, 2.75) is 32.9 Å². The summed E-state index contributed by atoms with van der Waals surface area (Å²) in [4.78, 5) is 21.7. The predicted molar refractivity (Wildman–Crippen MR) is 87.3 cm³/mol. The third kappa shape index (κ3) is 6.08. The lowest BCUT2D eigenvalue weighted by atomic mass is 10.1. The molecule has 0 fully saturated rings. The van der Waals surface area contributed by atoms with Gasteiger partial charge in [0.05, 0.1) is 15.4 Å². The van der Waals surface area contributed by atoms with Gasteiger partial charge < -0.3 is 10.6 Å². The summed E-state index contributed by atoms with van der Waals surface area (Å²) in [6.45, 7) is 4.07. The zero-order valence-electron chi connectivity index (χ0n) is 14.1. The lowest BCUT2D eigenvalue weighted by molar-refractivity contribution is -0.393. The van der Waals surface area contributed by atoms with E-state index in [1.165, 1.54) is 11.1 Å². The van der Waals surface area contributed by atoms with Crippen molar-refractivity contribution in [1.29, 1.82) is 5.26 Å². The molecule has 0 aromatic heterocycles. The van der Waals surface area contributed by atoms with E-state index in [4.69, 9.17) is 5.26 Å². The molecule has 1 aromatic carbocycles.